The first kappa shape index (κ1) is 25.2. The van der Waals surface area contributed by atoms with Crippen molar-refractivity contribution in [2.24, 2.45) is 0 Å². The van der Waals surface area contributed by atoms with Crippen LogP contribution in [0.3, 0.4) is 0 Å². The summed E-state index contributed by atoms with van der Waals surface area (Å²) < 4.78 is 11.0. The summed E-state index contributed by atoms with van der Waals surface area (Å²) >= 11 is 0. The Hall–Kier alpha value is -2.03. The Labute approximate surface area is 189 Å². The number of methoxy groups -OCH3 is 1. The van der Waals surface area contributed by atoms with Crippen molar-refractivity contribution in [3.63, 3.8) is 0 Å². The van der Waals surface area contributed by atoms with E-state index < -0.39 is 0 Å². The van der Waals surface area contributed by atoms with Gasteiger partial charge in [0.05, 0.1) is 13.7 Å². The van der Waals surface area contributed by atoms with Gasteiger partial charge in [0, 0.05) is 0 Å². The molecule has 3 heteroatoms. The Bertz CT molecular complexity index is 753. The molecule has 0 aromatic heterocycles. The van der Waals surface area contributed by atoms with Crippen molar-refractivity contribution in [2.75, 3.05) is 13.7 Å². The van der Waals surface area contributed by atoms with E-state index in [0.717, 1.165) is 23.6 Å². The normalized spacial score (nSPS) is 11.0. The van der Waals surface area contributed by atoms with Crippen LogP contribution in [0.15, 0.2) is 36.4 Å². The Balaban J connectivity index is 1.53. The monoisotopic (exact) mass is 426 g/mol. The maximum atomic E-state index is 12.7. The van der Waals surface area contributed by atoms with Crippen LogP contribution < -0.4 is 4.74 Å². The van der Waals surface area contributed by atoms with E-state index >= 15 is 0 Å². The minimum atomic E-state index is -0.289. The Morgan fingerprint density at radius 2 is 1.26 bits per heavy atom. The number of hydrogen-bond donors (Lipinski definition) is 0. The fourth-order valence-corrected chi connectivity index (χ4v) is 4.17. The summed E-state index contributed by atoms with van der Waals surface area (Å²) in [7, 11) is 1.59. The topological polar surface area (TPSA) is 35.5 Å². The molecule has 0 bridgehead atoms. The fourth-order valence-electron chi connectivity index (χ4n) is 4.17. The molecule has 31 heavy (non-hydrogen) atoms. The highest BCUT2D eigenvalue weighted by molar-refractivity contribution is 6.07. The summed E-state index contributed by atoms with van der Waals surface area (Å²) in [6.45, 7) is 2.75. The van der Waals surface area contributed by atoms with Crippen LogP contribution >= 0.6 is 0 Å². The third kappa shape index (κ3) is 9.33. The van der Waals surface area contributed by atoms with E-state index in [-0.39, 0.29) is 5.97 Å². The molecule has 0 atom stereocenters. The predicted octanol–water partition coefficient (Wildman–Crippen LogP) is 8.49. The van der Waals surface area contributed by atoms with E-state index in [2.05, 4.69) is 6.92 Å². The van der Waals surface area contributed by atoms with Crippen LogP contribution in [0.25, 0.3) is 10.8 Å². The van der Waals surface area contributed by atoms with Gasteiger partial charge in [-0.3, -0.25) is 0 Å². The molecule has 0 saturated heterocycles. The largest absolute Gasteiger partial charge is 0.496 e. The average molecular weight is 427 g/mol. The molecule has 2 aromatic rings. The van der Waals surface area contributed by atoms with E-state index in [1.807, 2.05) is 36.4 Å². The number of rotatable bonds is 17. The second-order valence-corrected chi connectivity index (χ2v) is 8.60. The minimum Gasteiger partial charge on any atom is -0.496 e. The summed E-state index contributed by atoms with van der Waals surface area (Å²) in [5.74, 6) is 0.285. The van der Waals surface area contributed by atoms with Crippen LogP contribution in [0, 0.1) is 0 Å². The van der Waals surface area contributed by atoms with Crippen LogP contribution in [0.5, 0.6) is 5.75 Å². The first-order valence-electron chi connectivity index (χ1n) is 12.5. The van der Waals surface area contributed by atoms with Crippen molar-refractivity contribution in [1.29, 1.82) is 0 Å². The molecule has 0 aliphatic rings. The number of benzene rings is 2. The van der Waals surface area contributed by atoms with E-state index in [9.17, 15) is 4.79 Å². The SMILES string of the molecule is CCCCCCCCCCCCCCCCOC(=O)c1c(OC)ccc2ccccc12. The van der Waals surface area contributed by atoms with Crippen molar-refractivity contribution in [3.8, 4) is 5.75 Å². The maximum Gasteiger partial charge on any atom is 0.342 e. The van der Waals surface area contributed by atoms with Crippen molar-refractivity contribution in [1.82, 2.24) is 0 Å². The first-order chi connectivity index (χ1) is 15.3. The lowest BCUT2D eigenvalue weighted by molar-refractivity contribution is 0.0496. The van der Waals surface area contributed by atoms with Gasteiger partial charge in [-0.25, -0.2) is 4.79 Å². The molecule has 3 nitrogen and oxygen atoms in total. The minimum absolute atomic E-state index is 0.289. The highest BCUT2D eigenvalue weighted by Gasteiger charge is 2.17. The van der Waals surface area contributed by atoms with Gasteiger partial charge in [0.2, 0.25) is 0 Å². The van der Waals surface area contributed by atoms with Crippen molar-refractivity contribution in [3.05, 3.63) is 42.0 Å². The Kier molecular flexibility index (Phi) is 12.8. The van der Waals surface area contributed by atoms with Crippen LogP contribution in [-0.4, -0.2) is 19.7 Å². The number of carbonyl (C=O) groups is 1. The lowest BCUT2D eigenvalue weighted by Crippen LogP contribution is -2.09. The van der Waals surface area contributed by atoms with Gasteiger partial charge >= 0.3 is 5.97 Å². The number of ether oxygens (including phenoxy) is 2. The summed E-state index contributed by atoms with van der Waals surface area (Å²) in [6, 6.07) is 11.7. The molecule has 0 N–H and O–H groups in total. The maximum absolute atomic E-state index is 12.7. The summed E-state index contributed by atoms with van der Waals surface area (Å²) in [4.78, 5) is 12.7. The second kappa shape index (κ2) is 15.7. The molecule has 0 spiro atoms. The molecule has 0 saturated carbocycles. The Morgan fingerprint density at radius 1 is 0.710 bits per heavy atom. The molecule has 0 aliphatic heterocycles. The van der Waals surface area contributed by atoms with Crippen LogP contribution in [0.2, 0.25) is 0 Å². The first-order valence-corrected chi connectivity index (χ1v) is 12.5. The van der Waals surface area contributed by atoms with Gasteiger partial charge in [-0.05, 0) is 23.3 Å². The highest BCUT2D eigenvalue weighted by Crippen LogP contribution is 2.28. The van der Waals surface area contributed by atoms with E-state index in [1.165, 1.54) is 77.0 Å². The quantitative estimate of drug-likeness (QED) is 0.188. The summed E-state index contributed by atoms with van der Waals surface area (Å²) in [5, 5.41) is 1.90. The molecule has 172 valence electrons. The summed E-state index contributed by atoms with van der Waals surface area (Å²) in [6.07, 6.45) is 18.5. The zero-order chi connectivity index (χ0) is 22.2. The molecule has 2 aromatic carbocycles. The lowest BCUT2D eigenvalue weighted by atomic mass is 10.0. The van der Waals surface area contributed by atoms with Crippen molar-refractivity contribution in [2.45, 2.75) is 96.8 Å². The average Bonchev–Trinajstić information content (AvgIpc) is 2.80. The van der Waals surface area contributed by atoms with E-state index in [0.29, 0.717) is 17.9 Å². The number of hydrogen-bond acceptors (Lipinski definition) is 3. The Morgan fingerprint density at radius 3 is 1.84 bits per heavy atom. The zero-order valence-corrected chi connectivity index (χ0v) is 19.8. The number of fused-ring (bicyclic) bond motifs is 1. The van der Waals surface area contributed by atoms with Gasteiger partial charge < -0.3 is 9.47 Å². The molecule has 0 heterocycles. The van der Waals surface area contributed by atoms with Gasteiger partial charge in [0.1, 0.15) is 11.3 Å². The number of carbonyl (C=O) groups excluding carboxylic acids is 1. The van der Waals surface area contributed by atoms with E-state index in [4.69, 9.17) is 9.47 Å². The molecular formula is C28H42O3. The van der Waals surface area contributed by atoms with Gasteiger partial charge in [-0.1, -0.05) is 121 Å². The molecular weight excluding hydrogens is 384 g/mol. The lowest BCUT2D eigenvalue weighted by Gasteiger charge is -2.12. The van der Waals surface area contributed by atoms with E-state index in [1.54, 1.807) is 7.11 Å². The van der Waals surface area contributed by atoms with Gasteiger partial charge in [-0.15, -0.1) is 0 Å². The fraction of sp³-hybridized carbons (Fsp3) is 0.607. The zero-order valence-electron chi connectivity index (χ0n) is 19.8. The standard InChI is InChI=1S/C28H42O3/c1-3-4-5-6-7-8-9-10-11-12-13-14-15-18-23-31-28(29)27-25-20-17-16-19-24(25)21-22-26(27)30-2/h16-17,19-22H,3-15,18,23H2,1-2H3. The molecule has 0 fully saturated rings. The van der Waals surface area contributed by atoms with Crippen molar-refractivity contribution >= 4 is 16.7 Å². The molecule has 0 aliphatic carbocycles. The predicted molar refractivity (Wildman–Crippen MR) is 131 cm³/mol. The third-order valence-corrected chi connectivity index (χ3v) is 6.05. The van der Waals surface area contributed by atoms with Crippen LogP contribution in [-0.2, 0) is 4.74 Å². The third-order valence-electron chi connectivity index (χ3n) is 6.05. The molecule has 0 amide bonds. The molecule has 2 rings (SSSR count). The van der Waals surface area contributed by atoms with Crippen LogP contribution in [0.4, 0.5) is 0 Å². The van der Waals surface area contributed by atoms with Gasteiger partial charge in [-0.2, -0.15) is 0 Å². The van der Waals surface area contributed by atoms with Crippen molar-refractivity contribution < 1.29 is 14.3 Å². The molecule has 0 unspecified atom stereocenters. The van der Waals surface area contributed by atoms with Gasteiger partial charge in [0.15, 0.2) is 0 Å². The number of esters is 1. The number of unbranched alkanes of at least 4 members (excludes halogenated alkanes) is 13. The second-order valence-electron chi connectivity index (χ2n) is 8.60. The van der Waals surface area contributed by atoms with Crippen LogP contribution in [0.1, 0.15) is 107 Å². The smallest absolute Gasteiger partial charge is 0.342 e. The highest BCUT2D eigenvalue weighted by atomic mass is 16.5. The molecule has 0 radical (unpaired) electrons. The summed E-state index contributed by atoms with van der Waals surface area (Å²) in [5.41, 5.74) is 0.533. The van der Waals surface area contributed by atoms with Gasteiger partial charge in [0.25, 0.3) is 0 Å².